The van der Waals surface area contributed by atoms with Crippen LogP contribution in [0, 0.1) is 5.92 Å². The van der Waals surface area contributed by atoms with Gasteiger partial charge in [-0.2, -0.15) is 0 Å². The summed E-state index contributed by atoms with van der Waals surface area (Å²) in [5.41, 5.74) is 0. The van der Waals surface area contributed by atoms with Gasteiger partial charge in [-0.3, -0.25) is 9.59 Å². The van der Waals surface area contributed by atoms with Crippen LogP contribution in [0.4, 0.5) is 0 Å². The Bertz CT molecular complexity index is 754. The highest BCUT2D eigenvalue weighted by atomic mass is 32.2. The van der Waals surface area contributed by atoms with Crippen LogP contribution in [0.5, 0.6) is 0 Å². The molecular formula is C19H31N3O4S2. The quantitative estimate of drug-likeness (QED) is 0.662. The van der Waals surface area contributed by atoms with Gasteiger partial charge >= 0.3 is 0 Å². The first kappa shape index (κ1) is 22.8. The SMILES string of the molecule is CCC(C)NC(=O)C(NC(=O)c1cccs1)C1CCN(S(=O)(=O)C(C)C)CC1. The first-order chi connectivity index (χ1) is 13.2. The number of sulfonamides is 1. The number of nitrogens with one attached hydrogen (secondary N) is 2. The Kier molecular flexibility index (Phi) is 8.03. The van der Waals surface area contributed by atoms with Crippen molar-refractivity contribution in [3.63, 3.8) is 0 Å². The predicted octanol–water partition coefficient (Wildman–Crippen LogP) is 2.21. The summed E-state index contributed by atoms with van der Waals surface area (Å²) in [5, 5.41) is 7.19. The van der Waals surface area contributed by atoms with E-state index in [2.05, 4.69) is 10.6 Å². The van der Waals surface area contributed by atoms with Gasteiger partial charge in [0.15, 0.2) is 0 Å². The van der Waals surface area contributed by atoms with Crippen LogP contribution in [0.2, 0.25) is 0 Å². The van der Waals surface area contributed by atoms with E-state index in [0.29, 0.717) is 30.8 Å². The minimum absolute atomic E-state index is 0.00930. The molecule has 0 aliphatic carbocycles. The van der Waals surface area contributed by atoms with Gasteiger partial charge < -0.3 is 10.6 Å². The Hall–Kier alpha value is -1.45. The smallest absolute Gasteiger partial charge is 0.262 e. The van der Waals surface area contributed by atoms with Crippen molar-refractivity contribution >= 4 is 33.2 Å². The summed E-state index contributed by atoms with van der Waals surface area (Å²) >= 11 is 1.33. The third kappa shape index (κ3) is 5.55. The lowest BCUT2D eigenvalue weighted by Gasteiger charge is -2.36. The molecule has 0 radical (unpaired) electrons. The Balaban J connectivity index is 2.11. The first-order valence-electron chi connectivity index (χ1n) is 9.80. The molecule has 9 heteroatoms. The number of thiophene rings is 1. The number of carbonyl (C=O) groups is 2. The van der Waals surface area contributed by atoms with Gasteiger partial charge in [0.25, 0.3) is 5.91 Å². The Labute approximate surface area is 171 Å². The van der Waals surface area contributed by atoms with E-state index < -0.39 is 21.3 Å². The van der Waals surface area contributed by atoms with Crippen LogP contribution in [0.3, 0.4) is 0 Å². The van der Waals surface area contributed by atoms with Crippen LogP contribution in [0.15, 0.2) is 17.5 Å². The van der Waals surface area contributed by atoms with Crippen molar-refractivity contribution in [1.29, 1.82) is 0 Å². The topological polar surface area (TPSA) is 95.6 Å². The van der Waals surface area contributed by atoms with E-state index in [0.717, 1.165) is 6.42 Å². The fourth-order valence-corrected chi connectivity index (χ4v) is 5.16. The number of carbonyl (C=O) groups excluding carboxylic acids is 2. The summed E-state index contributed by atoms with van der Waals surface area (Å²) in [7, 11) is -3.30. The molecule has 2 atom stereocenters. The molecule has 1 fully saturated rings. The molecule has 2 rings (SSSR count). The minimum atomic E-state index is -3.30. The largest absolute Gasteiger partial charge is 0.352 e. The fourth-order valence-electron chi connectivity index (χ4n) is 3.21. The van der Waals surface area contributed by atoms with E-state index in [4.69, 9.17) is 0 Å². The Morgan fingerprint density at radius 1 is 1.21 bits per heavy atom. The number of amides is 2. The van der Waals surface area contributed by atoms with Crippen LogP contribution >= 0.6 is 11.3 Å². The van der Waals surface area contributed by atoms with Gasteiger partial charge in [0.05, 0.1) is 10.1 Å². The van der Waals surface area contributed by atoms with Crippen molar-refractivity contribution in [2.45, 2.75) is 64.3 Å². The summed E-state index contributed by atoms with van der Waals surface area (Å²) in [4.78, 5) is 26.0. The van der Waals surface area contributed by atoms with Crippen molar-refractivity contribution < 1.29 is 18.0 Å². The summed E-state index contributed by atoms with van der Waals surface area (Å²) in [6.45, 7) is 7.99. The molecular weight excluding hydrogens is 398 g/mol. The molecule has 2 unspecified atom stereocenters. The lowest BCUT2D eigenvalue weighted by molar-refractivity contribution is -0.125. The standard InChI is InChI=1S/C19H31N3O4S2/c1-5-14(4)20-19(24)17(21-18(23)16-7-6-12-27-16)15-8-10-22(11-9-15)28(25,26)13(2)3/h6-7,12-15,17H,5,8-11H2,1-4H3,(H,20,24)(H,21,23). The average molecular weight is 430 g/mol. The molecule has 2 amide bonds. The van der Waals surface area contributed by atoms with Gasteiger partial charge in [-0.05, 0) is 57.4 Å². The summed E-state index contributed by atoms with van der Waals surface area (Å²) in [5.74, 6) is -0.576. The van der Waals surface area contributed by atoms with Crippen molar-refractivity contribution in [3.8, 4) is 0 Å². The number of rotatable bonds is 8. The molecule has 2 heterocycles. The highest BCUT2D eigenvalue weighted by Crippen LogP contribution is 2.25. The first-order valence-corrected chi connectivity index (χ1v) is 12.2. The van der Waals surface area contributed by atoms with E-state index in [1.54, 1.807) is 26.0 Å². The molecule has 0 aromatic carbocycles. The molecule has 28 heavy (non-hydrogen) atoms. The van der Waals surface area contributed by atoms with E-state index in [-0.39, 0.29) is 23.8 Å². The van der Waals surface area contributed by atoms with Crippen molar-refractivity contribution in [1.82, 2.24) is 14.9 Å². The molecule has 7 nitrogen and oxygen atoms in total. The molecule has 1 aromatic heterocycles. The summed E-state index contributed by atoms with van der Waals surface area (Å²) < 4.78 is 26.3. The maximum Gasteiger partial charge on any atom is 0.262 e. The number of piperidine rings is 1. The Morgan fingerprint density at radius 2 is 1.86 bits per heavy atom. The highest BCUT2D eigenvalue weighted by molar-refractivity contribution is 7.89. The van der Waals surface area contributed by atoms with Crippen LogP contribution in [-0.2, 0) is 14.8 Å². The third-order valence-corrected chi connectivity index (χ3v) is 8.39. The van der Waals surface area contributed by atoms with Crippen LogP contribution < -0.4 is 10.6 Å². The summed E-state index contributed by atoms with van der Waals surface area (Å²) in [6, 6.07) is 2.85. The maximum atomic E-state index is 12.8. The van der Waals surface area contributed by atoms with E-state index in [9.17, 15) is 18.0 Å². The number of hydrogen-bond donors (Lipinski definition) is 2. The average Bonchev–Trinajstić information content (AvgIpc) is 3.20. The normalized spacial score (nSPS) is 18.6. The predicted molar refractivity (Wildman–Crippen MR) is 112 cm³/mol. The lowest BCUT2D eigenvalue weighted by Crippen LogP contribution is -2.55. The minimum Gasteiger partial charge on any atom is -0.352 e. The molecule has 1 aromatic rings. The molecule has 1 aliphatic heterocycles. The zero-order valence-electron chi connectivity index (χ0n) is 17.0. The second-order valence-corrected chi connectivity index (χ2v) is 11.0. The summed E-state index contributed by atoms with van der Waals surface area (Å²) in [6.07, 6.45) is 1.87. The van der Waals surface area contributed by atoms with Gasteiger partial charge in [-0.1, -0.05) is 13.0 Å². The molecule has 0 spiro atoms. The van der Waals surface area contributed by atoms with Crippen molar-refractivity contribution in [2.24, 2.45) is 5.92 Å². The van der Waals surface area contributed by atoms with Crippen LogP contribution in [0.25, 0.3) is 0 Å². The van der Waals surface area contributed by atoms with Gasteiger partial charge in [0.1, 0.15) is 6.04 Å². The molecule has 1 saturated heterocycles. The second-order valence-electron chi connectivity index (χ2n) is 7.58. The monoisotopic (exact) mass is 429 g/mol. The molecule has 0 saturated carbocycles. The van der Waals surface area contributed by atoms with Gasteiger partial charge in [0, 0.05) is 19.1 Å². The van der Waals surface area contributed by atoms with Crippen molar-refractivity contribution in [2.75, 3.05) is 13.1 Å². The zero-order chi connectivity index (χ0) is 20.9. The maximum absolute atomic E-state index is 12.8. The highest BCUT2D eigenvalue weighted by Gasteiger charge is 2.36. The lowest BCUT2D eigenvalue weighted by atomic mass is 9.89. The van der Waals surface area contributed by atoms with E-state index in [1.165, 1.54) is 15.6 Å². The van der Waals surface area contributed by atoms with Gasteiger partial charge in [-0.15, -0.1) is 11.3 Å². The third-order valence-electron chi connectivity index (χ3n) is 5.24. The fraction of sp³-hybridized carbons (Fsp3) is 0.684. The molecule has 158 valence electrons. The van der Waals surface area contributed by atoms with Crippen LogP contribution in [0.1, 0.15) is 56.6 Å². The molecule has 2 N–H and O–H groups in total. The zero-order valence-corrected chi connectivity index (χ0v) is 18.6. The second kappa shape index (κ2) is 9.84. The number of nitrogens with zero attached hydrogens (tertiary/aromatic N) is 1. The van der Waals surface area contributed by atoms with Gasteiger partial charge in [0.2, 0.25) is 15.9 Å². The van der Waals surface area contributed by atoms with E-state index >= 15 is 0 Å². The van der Waals surface area contributed by atoms with Gasteiger partial charge in [-0.25, -0.2) is 12.7 Å². The van der Waals surface area contributed by atoms with Crippen LogP contribution in [-0.4, -0.2) is 55.0 Å². The Morgan fingerprint density at radius 3 is 2.36 bits per heavy atom. The molecule has 0 bridgehead atoms. The van der Waals surface area contributed by atoms with Crippen molar-refractivity contribution in [3.05, 3.63) is 22.4 Å². The van der Waals surface area contributed by atoms with E-state index in [1.807, 2.05) is 19.2 Å². The number of hydrogen-bond acceptors (Lipinski definition) is 5. The molecule has 1 aliphatic rings.